The van der Waals surface area contributed by atoms with Crippen molar-refractivity contribution < 1.29 is 14.3 Å². The van der Waals surface area contributed by atoms with Crippen molar-refractivity contribution in [2.45, 2.75) is 26.8 Å². The largest absolute Gasteiger partial charge is 0.483 e. The lowest BCUT2D eigenvalue weighted by Crippen LogP contribution is -2.33. The number of fused-ring (bicyclic) bond motifs is 1. The Kier molecular flexibility index (Phi) is 6.01. The molecule has 0 aliphatic carbocycles. The molecule has 2 aromatic rings. The van der Waals surface area contributed by atoms with Crippen LogP contribution in [-0.4, -0.2) is 29.9 Å². The molecule has 1 heterocycles. The van der Waals surface area contributed by atoms with Crippen molar-refractivity contribution in [1.29, 1.82) is 0 Å². The Morgan fingerprint density at radius 1 is 1.22 bits per heavy atom. The molecule has 2 aromatic carbocycles. The van der Waals surface area contributed by atoms with Crippen LogP contribution in [0, 0.1) is 5.92 Å². The van der Waals surface area contributed by atoms with E-state index in [1.807, 2.05) is 11.0 Å². The van der Waals surface area contributed by atoms with Gasteiger partial charge >= 0.3 is 0 Å². The predicted octanol–water partition coefficient (Wildman–Crippen LogP) is 4.36. The topological polar surface area (TPSA) is 58.6 Å². The first-order valence-corrected chi connectivity index (χ1v) is 9.40. The zero-order chi connectivity index (χ0) is 19.4. The quantitative estimate of drug-likeness (QED) is 0.830. The molecule has 1 aliphatic rings. The average Bonchev–Trinajstić information content (AvgIpc) is 2.79. The fourth-order valence-electron chi connectivity index (χ4n) is 2.87. The standard InChI is InChI=1S/C21H23ClN2O3/c1-14(2)9-10-24-12-16-11-18(7-8-19(16)27-13-20(24)25)23-21(26)15-3-5-17(22)6-4-15/h3-8,11,14H,9-10,12-13H2,1-2H3,(H,23,26). The van der Waals surface area contributed by atoms with Gasteiger partial charge in [0.1, 0.15) is 5.75 Å². The van der Waals surface area contributed by atoms with Gasteiger partial charge in [0.2, 0.25) is 0 Å². The van der Waals surface area contributed by atoms with Gasteiger partial charge in [-0.05, 0) is 54.8 Å². The smallest absolute Gasteiger partial charge is 0.260 e. The van der Waals surface area contributed by atoms with E-state index in [0.717, 1.165) is 12.0 Å². The van der Waals surface area contributed by atoms with Crippen molar-refractivity contribution in [3.8, 4) is 5.75 Å². The molecule has 0 fully saturated rings. The van der Waals surface area contributed by atoms with Crippen LogP contribution in [0.3, 0.4) is 0 Å². The van der Waals surface area contributed by atoms with Gasteiger partial charge in [0.25, 0.3) is 11.8 Å². The van der Waals surface area contributed by atoms with Gasteiger partial charge in [0, 0.05) is 34.9 Å². The Bertz CT molecular complexity index is 834. The van der Waals surface area contributed by atoms with Crippen LogP contribution in [0.2, 0.25) is 5.02 Å². The first kappa shape index (κ1) is 19.2. The lowest BCUT2D eigenvalue weighted by atomic mass is 10.1. The third-order valence-corrected chi connectivity index (χ3v) is 4.72. The highest BCUT2D eigenvalue weighted by Crippen LogP contribution is 2.27. The SMILES string of the molecule is CC(C)CCN1Cc2cc(NC(=O)c3ccc(Cl)cc3)ccc2OCC1=O. The summed E-state index contributed by atoms with van der Waals surface area (Å²) in [5.74, 6) is 0.971. The van der Waals surface area contributed by atoms with Crippen molar-refractivity contribution in [3.05, 3.63) is 58.6 Å². The molecule has 0 aromatic heterocycles. The highest BCUT2D eigenvalue weighted by atomic mass is 35.5. The fraction of sp³-hybridized carbons (Fsp3) is 0.333. The van der Waals surface area contributed by atoms with E-state index in [-0.39, 0.29) is 18.4 Å². The summed E-state index contributed by atoms with van der Waals surface area (Å²) in [6.45, 7) is 5.49. The second-order valence-electron chi connectivity index (χ2n) is 7.07. The number of halogens is 1. The molecule has 2 amide bonds. The molecule has 6 heteroatoms. The Balaban J connectivity index is 1.75. The highest BCUT2D eigenvalue weighted by molar-refractivity contribution is 6.30. The van der Waals surface area contributed by atoms with E-state index < -0.39 is 0 Å². The molecule has 0 saturated carbocycles. The number of nitrogens with zero attached hydrogens (tertiary/aromatic N) is 1. The Morgan fingerprint density at radius 3 is 2.67 bits per heavy atom. The number of rotatable bonds is 5. The summed E-state index contributed by atoms with van der Waals surface area (Å²) in [7, 11) is 0. The second kappa shape index (κ2) is 8.44. The molecule has 0 bridgehead atoms. The number of anilines is 1. The maximum absolute atomic E-state index is 12.4. The third-order valence-electron chi connectivity index (χ3n) is 4.47. The van der Waals surface area contributed by atoms with E-state index in [1.165, 1.54) is 0 Å². The van der Waals surface area contributed by atoms with Crippen LogP contribution in [0.25, 0.3) is 0 Å². The molecule has 0 radical (unpaired) electrons. The second-order valence-corrected chi connectivity index (χ2v) is 7.51. The van der Waals surface area contributed by atoms with Crippen LogP contribution in [0.5, 0.6) is 5.75 Å². The number of nitrogens with one attached hydrogen (secondary N) is 1. The van der Waals surface area contributed by atoms with Crippen LogP contribution in [0.15, 0.2) is 42.5 Å². The average molecular weight is 387 g/mol. The molecule has 27 heavy (non-hydrogen) atoms. The number of carbonyl (C=O) groups excluding carboxylic acids is 2. The number of ether oxygens (including phenoxy) is 1. The fourth-order valence-corrected chi connectivity index (χ4v) is 2.99. The number of benzene rings is 2. The van der Waals surface area contributed by atoms with Crippen molar-refractivity contribution in [2.24, 2.45) is 5.92 Å². The number of carbonyl (C=O) groups is 2. The van der Waals surface area contributed by atoms with E-state index >= 15 is 0 Å². The molecule has 142 valence electrons. The summed E-state index contributed by atoms with van der Waals surface area (Å²) in [6.07, 6.45) is 0.939. The van der Waals surface area contributed by atoms with Crippen molar-refractivity contribution in [1.82, 2.24) is 4.90 Å². The summed E-state index contributed by atoms with van der Waals surface area (Å²) in [6, 6.07) is 12.2. The van der Waals surface area contributed by atoms with Crippen LogP contribution in [0.1, 0.15) is 36.2 Å². The van der Waals surface area contributed by atoms with Gasteiger partial charge in [-0.3, -0.25) is 9.59 Å². The molecule has 3 rings (SSSR count). The molecule has 0 saturated heterocycles. The van der Waals surface area contributed by atoms with Gasteiger partial charge in [0.15, 0.2) is 6.61 Å². The summed E-state index contributed by atoms with van der Waals surface area (Å²) >= 11 is 5.86. The van der Waals surface area contributed by atoms with E-state index in [2.05, 4.69) is 19.2 Å². The summed E-state index contributed by atoms with van der Waals surface area (Å²) in [5.41, 5.74) is 2.08. The van der Waals surface area contributed by atoms with Crippen LogP contribution in [-0.2, 0) is 11.3 Å². The first-order valence-electron chi connectivity index (χ1n) is 9.03. The summed E-state index contributed by atoms with van der Waals surface area (Å²) in [5, 5.41) is 3.47. The molecule has 1 aliphatic heterocycles. The zero-order valence-electron chi connectivity index (χ0n) is 15.5. The van der Waals surface area contributed by atoms with Gasteiger partial charge < -0.3 is 15.0 Å². The molecule has 5 nitrogen and oxygen atoms in total. The van der Waals surface area contributed by atoms with Gasteiger partial charge in [-0.1, -0.05) is 25.4 Å². The monoisotopic (exact) mass is 386 g/mol. The molecule has 0 atom stereocenters. The van der Waals surface area contributed by atoms with E-state index in [0.29, 0.717) is 41.0 Å². The Morgan fingerprint density at radius 2 is 1.96 bits per heavy atom. The summed E-state index contributed by atoms with van der Waals surface area (Å²) in [4.78, 5) is 26.5. The normalized spacial score (nSPS) is 13.8. The van der Waals surface area contributed by atoms with Crippen LogP contribution >= 0.6 is 11.6 Å². The minimum absolute atomic E-state index is 0.0152. The van der Waals surface area contributed by atoms with Gasteiger partial charge in [0.05, 0.1) is 0 Å². The highest BCUT2D eigenvalue weighted by Gasteiger charge is 2.22. The minimum atomic E-state index is -0.214. The van der Waals surface area contributed by atoms with Crippen molar-refractivity contribution >= 4 is 29.1 Å². The molecular formula is C21H23ClN2O3. The maximum atomic E-state index is 12.4. The Hall–Kier alpha value is -2.53. The maximum Gasteiger partial charge on any atom is 0.260 e. The predicted molar refractivity (Wildman–Crippen MR) is 106 cm³/mol. The number of hydrogen-bond acceptors (Lipinski definition) is 3. The van der Waals surface area contributed by atoms with E-state index in [9.17, 15) is 9.59 Å². The first-order chi connectivity index (χ1) is 12.9. The van der Waals surface area contributed by atoms with E-state index in [1.54, 1.807) is 36.4 Å². The lowest BCUT2D eigenvalue weighted by Gasteiger charge is -2.21. The van der Waals surface area contributed by atoms with Crippen molar-refractivity contribution in [2.75, 3.05) is 18.5 Å². The zero-order valence-corrected chi connectivity index (χ0v) is 16.3. The van der Waals surface area contributed by atoms with Crippen LogP contribution in [0.4, 0.5) is 5.69 Å². The van der Waals surface area contributed by atoms with Gasteiger partial charge in [-0.15, -0.1) is 0 Å². The van der Waals surface area contributed by atoms with Gasteiger partial charge in [-0.25, -0.2) is 0 Å². The molecule has 0 unspecified atom stereocenters. The van der Waals surface area contributed by atoms with Crippen LogP contribution < -0.4 is 10.1 Å². The minimum Gasteiger partial charge on any atom is -0.483 e. The lowest BCUT2D eigenvalue weighted by molar-refractivity contribution is -0.133. The molecule has 1 N–H and O–H groups in total. The molecular weight excluding hydrogens is 364 g/mol. The van der Waals surface area contributed by atoms with Crippen molar-refractivity contribution in [3.63, 3.8) is 0 Å². The van der Waals surface area contributed by atoms with E-state index in [4.69, 9.17) is 16.3 Å². The third kappa shape index (κ3) is 5.01. The summed E-state index contributed by atoms with van der Waals surface area (Å²) < 4.78 is 5.64. The Labute approximate surface area is 164 Å². The number of amides is 2. The molecule has 0 spiro atoms. The van der Waals surface area contributed by atoms with Gasteiger partial charge in [-0.2, -0.15) is 0 Å². The number of hydrogen-bond donors (Lipinski definition) is 1.